The van der Waals surface area contributed by atoms with Crippen molar-refractivity contribution < 1.29 is 9.53 Å². The van der Waals surface area contributed by atoms with Crippen LogP contribution in [0.25, 0.3) is 0 Å². The van der Waals surface area contributed by atoms with Gasteiger partial charge in [0.25, 0.3) is 0 Å². The molecule has 2 bridgehead atoms. The highest BCUT2D eigenvalue weighted by atomic mass is 35.5. The molecule has 0 radical (unpaired) electrons. The van der Waals surface area contributed by atoms with Gasteiger partial charge < -0.3 is 15.4 Å². The van der Waals surface area contributed by atoms with Crippen LogP contribution in [0.3, 0.4) is 0 Å². The number of hydrogen-bond acceptors (Lipinski definition) is 3. The number of piperidine rings is 1. The Balaban J connectivity index is 0.00000147. The van der Waals surface area contributed by atoms with Crippen molar-refractivity contribution >= 4 is 18.3 Å². The molecule has 3 unspecified atom stereocenters. The van der Waals surface area contributed by atoms with Crippen LogP contribution in [0.1, 0.15) is 51.4 Å². The van der Waals surface area contributed by atoms with Gasteiger partial charge in [0.2, 0.25) is 5.91 Å². The van der Waals surface area contributed by atoms with Crippen LogP contribution < -0.4 is 10.6 Å². The smallest absolute Gasteiger partial charge is 0.220 e. The number of amides is 1. The molecular formula is C15H27ClN2O2. The van der Waals surface area contributed by atoms with Gasteiger partial charge in [-0.25, -0.2) is 0 Å². The van der Waals surface area contributed by atoms with Crippen molar-refractivity contribution in [2.24, 2.45) is 5.92 Å². The molecule has 0 aliphatic carbocycles. The van der Waals surface area contributed by atoms with Crippen molar-refractivity contribution in [3.8, 4) is 0 Å². The van der Waals surface area contributed by atoms with Gasteiger partial charge in [-0.05, 0) is 50.9 Å². The Labute approximate surface area is 127 Å². The zero-order valence-electron chi connectivity index (χ0n) is 12.1. The van der Waals surface area contributed by atoms with Crippen LogP contribution in [0.5, 0.6) is 0 Å². The monoisotopic (exact) mass is 302 g/mol. The second-order valence-corrected chi connectivity index (χ2v) is 6.47. The largest absolute Gasteiger partial charge is 0.376 e. The van der Waals surface area contributed by atoms with Crippen molar-refractivity contribution in [1.29, 1.82) is 0 Å². The predicted molar refractivity (Wildman–Crippen MR) is 81.1 cm³/mol. The Morgan fingerprint density at radius 3 is 2.55 bits per heavy atom. The highest BCUT2D eigenvalue weighted by Gasteiger charge is 2.34. The first-order valence-corrected chi connectivity index (χ1v) is 7.94. The van der Waals surface area contributed by atoms with E-state index in [1.54, 1.807) is 0 Å². The molecule has 3 saturated heterocycles. The average Bonchev–Trinajstić information content (AvgIpc) is 2.77. The van der Waals surface area contributed by atoms with Crippen molar-refractivity contribution in [2.45, 2.75) is 69.6 Å². The molecule has 3 heterocycles. The predicted octanol–water partition coefficient (Wildman–Crippen LogP) is 2.01. The summed E-state index contributed by atoms with van der Waals surface area (Å²) in [6, 6.07) is 1.36. The van der Waals surface area contributed by atoms with Crippen LogP contribution in [-0.2, 0) is 9.53 Å². The van der Waals surface area contributed by atoms with Crippen molar-refractivity contribution in [3.05, 3.63) is 0 Å². The lowest BCUT2D eigenvalue weighted by Crippen LogP contribution is -2.41. The van der Waals surface area contributed by atoms with Gasteiger partial charge in [0.15, 0.2) is 0 Å². The standard InChI is InChI=1S/C15H26N2O2.ClH/c18-15(16-10-14-3-1-2-6-19-14)9-11-7-12-4-5-13(8-11)17-12;/h11-14,17H,1-10H2,(H,16,18);1H. The quantitative estimate of drug-likeness (QED) is 0.835. The Morgan fingerprint density at radius 2 is 1.90 bits per heavy atom. The van der Waals surface area contributed by atoms with E-state index in [0.717, 1.165) is 13.0 Å². The Kier molecular flexibility index (Phi) is 6.12. The van der Waals surface area contributed by atoms with Crippen molar-refractivity contribution in [1.82, 2.24) is 10.6 Å². The summed E-state index contributed by atoms with van der Waals surface area (Å²) in [7, 11) is 0. The first-order valence-electron chi connectivity index (χ1n) is 7.94. The van der Waals surface area contributed by atoms with Gasteiger partial charge in [-0.3, -0.25) is 4.79 Å². The van der Waals surface area contributed by atoms with E-state index in [1.807, 2.05) is 0 Å². The summed E-state index contributed by atoms with van der Waals surface area (Å²) < 4.78 is 5.64. The molecule has 20 heavy (non-hydrogen) atoms. The maximum absolute atomic E-state index is 12.0. The van der Waals surface area contributed by atoms with Crippen LogP contribution in [0.4, 0.5) is 0 Å². The molecule has 1 amide bonds. The number of ether oxygens (including phenoxy) is 1. The minimum atomic E-state index is 0. The van der Waals surface area contributed by atoms with Gasteiger partial charge in [-0.1, -0.05) is 0 Å². The van der Waals surface area contributed by atoms with E-state index in [9.17, 15) is 4.79 Å². The molecule has 0 aromatic heterocycles. The van der Waals surface area contributed by atoms with Crippen molar-refractivity contribution in [2.75, 3.05) is 13.2 Å². The molecule has 3 aliphatic heterocycles. The summed E-state index contributed by atoms with van der Waals surface area (Å²) in [5.74, 6) is 0.812. The summed E-state index contributed by atoms with van der Waals surface area (Å²) in [4.78, 5) is 12.0. The molecule has 116 valence electrons. The summed E-state index contributed by atoms with van der Waals surface area (Å²) in [5.41, 5.74) is 0. The maximum atomic E-state index is 12.0. The number of carbonyl (C=O) groups is 1. The number of halogens is 1. The van der Waals surface area contributed by atoms with Gasteiger partial charge in [-0.15, -0.1) is 12.4 Å². The summed E-state index contributed by atoms with van der Waals surface area (Å²) in [6.07, 6.45) is 9.44. The fraction of sp³-hybridized carbons (Fsp3) is 0.933. The minimum Gasteiger partial charge on any atom is -0.376 e. The molecule has 3 aliphatic rings. The van der Waals surface area contributed by atoms with Crippen LogP contribution in [0, 0.1) is 5.92 Å². The molecule has 4 nitrogen and oxygen atoms in total. The molecule has 2 N–H and O–H groups in total. The second kappa shape index (κ2) is 7.62. The molecule has 0 spiro atoms. The molecule has 3 rings (SSSR count). The third kappa shape index (κ3) is 4.34. The first kappa shape index (κ1) is 16.1. The van der Waals surface area contributed by atoms with E-state index in [4.69, 9.17) is 4.74 Å². The Bertz CT molecular complexity index is 309. The topological polar surface area (TPSA) is 50.4 Å². The zero-order valence-corrected chi connectivity index (χ0v) is 12.9. The van der Waals surface area contributed by atoms with E-state index in [0.29, 0.717) is 31.0 Å². The van der Waals surface area contributed by atoms with Gasteiger partial charge in [-0.2, -0.15) is 0 Å². The molecule has 0 aromatic carbocycles. The van der Waals surface area contributed by atoms with E-state index < -0.39 is 0 Å². The van der Waals surface area contributed by atoms with Crippen LogP contribution >= 0.6 is 12.4 Å². The molecule has 0 saturated carbocycles. The van der Waals surface area contributed by atoms with Crippen molar-refractivity contribution in [3.63, 3.8) is 0 Å². The lowest BCUT2D eigenvalue weighted by Gasteiger charge is -2.29. The second-order valence-electron chi connectivity index (χ2n) is 6.47. The van der Waals surface area contributed by atoms with E-state index in [-0.39, 0.29) is 24.4 Å². The zero-order chi connectivity index (χ0) is 13.1. The fourth-order valence-electron chi connectivity index (χ4n) is 3.87. The lowest BCUT2D eigenvalue weighted by atomic mass is 9.89. The highest BCUT2D eigenvalue weighted by molar-refractivity contribution is 5.85. The Morgan fingerprint density at radius 1 is 1.15 bits per heavy atom. The van der Waals surface area contributed by atoms with Crippen LogP contribution in [-0.4, -0.2) is 37.2 Å². The number of hydrogen-bond donors (Lipinski definition) is 2. The van der Waals surface area contributed by atoms with Crippen LogP contribution in [0.15, 0.2) is 0 Å². The lowest BCUT2D eigenvalue weighted by molar-refractivity contribution is -0.123. The van der Waals surface area contributed by atoms with E-state index in [1.165, 1.54) is 38.5 Å². The maximum Gasteiger partial charge on any atom is 0.220 e. The average molecular weight is 303 g/mol. The summed E-state index contributed by atoms with van der Waals surface area (Å²) in [5, 5.41) is 6.69. The number of rotatable bonds is 4. The number of fused-ring (bicyclic) bond motifs is 2. The number of nitrogens with one attached hydrogen (secondary N) is 2. The third-order valence-electron chi connectivity index (χ3n) is 4.85. The van der Waals surface area contributed by atoms with Gasteiger partial charge in [0.05, 0.1) is 6.10 Å². The van der Waals surface area contributed by atoms with Gasteiger partial charge >= 0.3 is 0 Å². The SMILES string of the molecule is Cl.O=C(CC1CC2CCC(C1)N2)NCC1CCCCO1. The van der Waals surface area contributed by atoms with Gasteiger partial charge in [0.1, 0.15) is 0 Å². The minimum absolute atomic E-state index is 0. The van der Waals surface area contributed by atoms with Gasteiger partial charge in [0, 0.05) is 31.7 Å². The Hall–Kier alpha value is -0.320. The molecule has 3 fully saturated rings. The third-order valence-corrected chi connectivity index (χ3v) is 4.85. The van der Waals surface area contributed by atoms with E-state index >= 15 is 0 Å². The summed E-state index contributed by atoms with van der Waals surface area (Å²) >= 11 is 0. The summed E-state index contributed by atoms with van der Waals surface area (Å²) in [6.45, 7) is 1.56. The number of carbonyl (C=O) groups excluding carboxylic acids is 1. The highest BCUT2D eigenvalue weighted by Crippen LogP contribution is 2.32. The molecule has 0 aromatic rings. The normalized spacial score (nSPS) is 36.2. The van der Waals surface area contributed by atoms with E-state index in [2.05, 4.69) is 10.6 Å². The molecular weight excluding hydrogens is 276 g/mol. The molecule has 3 atom stereocenters. The van der Waals surface area contributed by atoms with Crippen LogP contribution in [0.2, 0.25) is 0 Å². The first-order chi connectivity index (χ1) is 9.29. The fourth-order valence-corrected chi connectivity index (χ4v) is 3.87. The molecule has 5 heteroatoms.